The summed E-state index contributed by atoms with van der Waals surface area (Å²) in [5, 5.41) is 0. The molecule has 1 aromatic carbocycles. The van der Waals surface area contributed by atoms with Crippen molar-refractivity contribution >= 4 is 5.97 Å². The molecule has 2 bridgehead atoms. The van der Waals surface area contributed by atoms with Crippen LogP contribution in [0.1, 0.15) is 23.2 Å². The van der Waals surface area contributed by atoms with Gasteiger partial charge in [-0.05, 0) is 25.0 Å². The number of rotatable bonds is 2. The lowest BCUT2D eigenvalue weighted by atomic mass is 10.1. The topological polar surface area (TPSA) is 44.8 Å². The molecule has 0 amide bonds. The Morgan fingerprint density at radius 3 is 2.88 bits per heavy atom. The second-order valence-electron chi connectivity index (χ2n) is 4.35. The van der Waals surface area contributed by atoms with Crippen molar-refractivity contribution in [3.63, 3.8) is 0 Å². The van der Waals surface area contributed by atoms with E-state index in [4.69, 9.17) is 14.2 Å². The van der Waals surface area contributed by atoms with E-state index < -0.39 is 0 Å². The summed E-state index contributed by atoms with van der Waals surface area (Å²) in [6.45, 7) is 0.615. The molecule has 4 heteroatoms. The van der Waals surface area contributed by atoms with Gasteiger partial charge < -0.3 is 14.2 Å². The highest BCUT2D eigenvalue weighted by molar-refractivity contribution is 5.89. The van der Waals surface area contributed by atoms with E-state index >= 15 is 0 Å². The molecule has 3 rings (SSSR count). The second kappa shape index (κ2) is 4.47. The molecule has 2 aliphatic rings. The van der Waals surface area contributed by atoms with Crippen LogP contribution < -0.4 is 0 Å². The summed E-state index contributed by atoms with van der Waals surface area (Å²) in [4.78, 5) is 11.9. The van der Waals surface area contributed by atoms with E-state index in [9.17, 15) is 4.79 Å². The van der Waals surface area contributed by atoms with Crippen molar-refractivity contribution in [2.24, 2.45) is 0 Å². The number of hydrogen-bond donors (Lipinski definition) is 0. The molecule has 4 nitrogen and oxygen atoms in total. The Morgan fingerprint density at radius 1 is 1.24 bits per heavy atom. The van der Waals surface area contributed by atoms with Gasteiger partial charge in [0.05, 0.1) is 18.3 Å². The zero-order chi connectivity index (χ0) is 11.7. The lowest BCUT2D eigenvalue weighted by molar-refractivity contribution is -0.155. The molecular formula is C13H14O4. The van der Waals surface area contributed by atoms with E-state index in [1.54, 1.807) is 12.1 Å². The third-order valence-corrected chi connectivity index (χ3v) is 3.12. The van der Waals surface area contributed by atoms with Crippen molar-refractivity contribution in [2.75, 3.05) is 6.61 Å². The van der Waals surface area contributed by atoms with E-state index in [-0.39, 0.29) is 24.5 Å². The number of ether oxygens (including phenoxy) is 3. The molecule has 2 saturated heterocycles. The van der Waals surface area contributed by atoms with Gasteiger partial charge in [0.1, 0.15) is 0 Å². The molecule has 90 valence electrons. The van der Waals surface area contributed by atoms with Crippen LogP contribution in [0.15, 0.2) is 30.3 Å². The van der Waals surface area contributed by atoms with Crippen LogP contribution in [0.4, 0.5) is 0 Å². The summed E-state index contributed by atoms with van der Waals surface area (Å²) < 4.78 is 16.4. The quantitative estimate of drug-likeness (QED) is 0.731. The van der Waals surface area contributed by atoms with Crippen LogP contribution >= 0.6 is 0 Å². The van der Waals surface area contributed by atoms with Crippen molar-refractivity contribution in [1.29, 1.82) is 0 Å². The third kappa shape index (κ3) is 2.18. The summed E-state index contributed by atoms with van der Waals surface area (Å²) in [5.41, 5.74) is 0.563. The maximum atomic E-state index is 11.9. The molecule has 2 fully saturated rings. The van der Waals surface area contributed by atoms with E-state index in [1.165, 1.54) is 0 Å². The van der Waals surface area contributed by atoms with E-state index in [2.05, 4.69) is 0 Å². The fraction of sp³-hybridized carbons (Fsp3) is 0.462. The zero-order valence-corrected chi connectivity index (χ0v) is 9.37. The van der Waals surface area contributed by atoms with Crippen LogP contribution in [-0.4, -0.2) is 31.1 Å². The maximum absolute atomic E-state index is 11.9. The Bertz CT molecular complexity index is 403. The van der Waals surface area contributed by atoms with Gasteiger partial charge in [0.2, 0.25) is 0 Å². The smallest absolute Gasteiger partial charge is 0.338 e. The average Bonchev–Trinajstić information content (AvgIpc) is 2.77. The van der Waals surface area contributed by atoms with Crippen molar-refractivity contribution in [3.05, 3.63) is 35.9 Å². The van der Waals surface area contributed by atoms with Crippen LogP contribution in [0.25, 0.3) is 0 Å². The molecule has 0 saturated carbocycles. The van der Waals surface area contributed by atoms with Crippen molar-refractivity contribution < 1.29 is 19.0 Å². The minimum Gasteiger partial charge on any atom is -0.453 e. The summed E-state index contributed by atoms with van der Waals surface area (Å²) in [7, 11) is 0. The van der Waals surface area contributed by atoms with Gasteiger partial charge in [0.15, 0.2) is 12.4 Å². The Balaban J connectivity index is 1.65. The average molecular weight is 234 g/mol. The number of esters is 1. The van der Waals surface area contributed by atoms with Gasteiger partial charge in [0.25, 0.3) is 0 Å². The predicted octanol–water partition coefficient (Wildman–Crippen LogP) is 1.75. The van der Waals surface area contributed by atoms with Gasteiger partial charge in [0, 0.05) is 0 Å². The predicted molar refractivity (Wildman–Crippen MR) is 59.5 cm³/mol. The van der Waals surface area contributed by atoms with Crippen LogP contribution in [-0.2, 0) is 14.2 Å². The summed E-state index contributed by atoms with van der Waals surface area (Å²) in [5.74, 6) is -0.312. The van der Waals surface area contributed by atoms with Crippen molar-refractivity contribution in [1.82, 2.24) is 0 Å². The van der Waals surface area contributed by atoms with Crippen LogP contribution in [0.2, 0.25) is 0 Å². The normalized spacial score (nSPS) is 31.2. The molecule has 0 unspecified atom stereocenters. The van der Waals surface area contributed by atoms with Gasteiger partial charge in [-0.25, -0.2) is 4.79 Å². The molecule has 0 N–H and O–H groups in total. The van der Waals surface area contributed by atoms with E-state index in [0.29, 0.717) is 12.2 Å². The molecule has 17 heavy (non-hydrogen) atoms. The molecular weight excluding hydrogens is 220 g/mol. The molecule has 0 spiro atoms. The van der Waals surface area contributed by atoms with E-state index in [0.717, 1.165) is 12.8 Å². The first-order chi connectivity index (χ1) is 8.33. The number of carbonyl (C=O) groups is 1. The Labute approximate surface area is 99.5 Å². The number of hydrogen-bond acceptors (Lipinski definition) is 4. The number of benzene rings is 1. The Hall–Kier alpha value is -1.39. The Morgan fingerprint density at radius 2 is 2.06 bits per heavy atom. The highest BCUT2D eigenvalue weighted by Gasteiger charge is 2.40. The highest BCUT2D eigenvalue weighted by Crippen LogP contribution is 2.29. The lowest BCUT2D eigenvalue weighted by Gasteiger charge is -2.26. The minimum atomic E-state index is -0.374. The number of carbonyl (C=O) groups excluding carboxylic acids is 1. The molecule has 0 radical (unpaired) electrons. The number of fused-ring (bicyclic) bond motifs is 2. The highest BCUT2D eigenvalue weighted by atomic mass is 16.7. The first-order valence-corrected chi connectivity index (χ1v) is 5.86. The fourth-order valence-corrected chi connectivity index (χ4v) is 2.20. The standard InChI is InChI=1S/C13H14O4/c14-12(9-4-2-1-3-5-9)17-11-7-6-10-8-15-13(11)16-10/h1-5,10-11,13H,6-8H2/t10-,11+,13+/m0/s1. The Kier molecular flexibility index (Phi) is 2.82. The van der Waals surface area contributed by atoms with Gasteiger partial charge >= 0.3 is 5.97 Å². The zero-order valence-electron chi connectivity index (χ0n) is 9.37. The van der Waals surface area contributed by atoms with Gasteiger partial charge in [-0.3, -0.25) is 0 Å². The van der Waals surface area contributed by atoms with Crippen LogP contribution in [0, 0.1) is 0 Å². The summed E-state index contributed by atoms with van der Waals surface area (Å²) in [6.07, 6.45) is 1.24. The van der Waals surface area contributed by atoms with Gasteiger partial charge in [-0.15, -0.1) is 0 Å². The SMILES string of the molecule is O=C(O[C@@H]1CC[C@H]2CO[C@@H]1O2)c1ccccc1. The molecule has 2 heterocycles. The molecule has 3 atom stereocenters. The molecule has 2 aliphatic heterocycles. The first-order valence-electron chi connectivity index (χ1n) is 5.86. The fourth-order valence-electron chi connectivity index (χ4n) is 2.20. The van der Waals surface area contributed by atoms with Crippen molar-refractivity contribution in [3.8, 4) is 0 Å². The summed E-state index contributed by atoms with van der Waals surface area (Å²) >= 11 is 0. The van der Waals surface area contributed by atoms with Crippen LogP contribution in [0.3, 0.4) is 0 Å². The van der Waals surface area contributed by atoms with Crippen molar-refractivity contribution in [2.45, 2.75) is 31.3 Å². The molecule has 0 aliphatic carbocycles. The maximum Gasteiger partial charge on any atom is 0.338 e. The van der Waals surface area contributed by atoms with Crippen LogP contribution in [0.5, 0.6) is 0 Å². The molecule has 0 aromatic heterocycles. The third-order valence-electron chi connectivity index (χ3n) is 3.12. The second-order valence-corrected chi connectivity index (χ2v) is 4.35. The largest absolute Gasteiger partial charge is 0.453 e. The summed E-state index contributed by atoms with van der Waals surface area (Å²) in [6, 6.07) is 8.98. The van der Waals surface area contributed by atoms with E-state index in [1.807, 2.05) is 18.2 Å². The minimum absolute atomic E-state index is 0.187. The monoisotopic (exact) mass is 234 g/mol. The molecule has 1 aromatic rings. The van der Waals surface area contributed by atoms with Gasteiger partial charge in [-0.1, -0.05) is 18.2 Å². The lowest BCUT2D eigenvalue weighted by Crippen LogP contribution is -2.36. The van der Waals surface area contributed by atoms with Gasteiger partial charge in [-0.2, -0.15) is 0 Å². The first kappa shape index (κ1) is 10.7.